The molecule has 1 aliphatic heterocycles. The van der Waals surface area contributed by atoms with Crippen molar-refractivity contribution in [2.75, 3.05) is 6.54 Å². The Morgan fingerprint density at radius 3 is 2.83 bits per heavy atom. The minimum atomic E-state index is 0.0678. The second-order valence-electron chi connectivity index (χ2n) is 8.32. The zero-order valence-corrected chi connectivity index (χ0v) is 17.8. The van der Waals surface area contributed by atoms with E-state index >= 15 is 0 Å². The SMILES string of the molecule is Cn1c2c(c3ccccc31)C[C@H]1C[C@@H]2[C@@H](Oc2ccccn2)CN1Cc1nccs1. The molecule has 1 aliphatic carbocycles. The Morgan fingerprint density at radius 1 is 1.10 bits per heavy atom. The van der Waals surface area contributed by atoms with Gasteiger partial charge < -0.3 is 9.30 Å². The van der Waals surface area contributed by atoms with Gasteiger partial charge in [0.15, 0.2) is 0 Å². The van der Waals surface area contributed by atoms with Gasteiger partial charge in [-0.3, -0.25) is 4.90 Å². The lowest BCUT2D eigenvalue weighted by atomic mass is 9.76. The molecule has 4 heterocycles. The van der Waals surface area contributed by atoms with E-state index in [1.165, 1.54) is 27.2 Å². The van der Waals surface area contributed by atoms with E-state index in [1.807, 2.05) is 24.4 Å². The van der Waals surface area contributed by atoms with E-state index in [9.17, 15) is 0 Å². The number of para-hydroxylation sites is 1. The number of aryl methyl sites for hydroxylation is 1. The highest BCUT2D eigenvalue weighted by atomic mass is 32.1. The average molecular weight is 417 g/mol. The molecule has 5 nitrogen and oxygen atoms in total. The molecule has 4 aromatic rings. The summed E-state index contributed by atoms with van der Waals surface area (Å²) >= 11 is 1.74. The van der Waals surface area contributed by atoms with Gasteiger partial charge in [-0.05, 0) is 30.5 Å². The Bertz CT molecular complexity index is 1170. The summed E-state index contributed by atoms with van der Waals surface area (Å²) in [7, 11) is 2.21. The molecule has 6 rings (SSSR count). The van der Waals surface area contributed by atoms with Gasteiger partial charge in [0.25, 0.3) is 0 Å². The van der Waals surface area contributed by atoms with Crippen molar-refractivity contribution in [1.29, 1.82) is 0 Å². The lowest BCUT2D eigenvalue weighted by molar-refractivity contribution is 0.0161. The van der Waals surface area contributed by atoms with Crippen LogP contribution in [0.3, 0.4) is 0 Å². The molecule has 1 aromatic carbocycles. The van der Waals surface area contributed by atoms with Gasteiger partial charge in [0.2, 0.25) is 5.88 Å². The molecule has 3 atom stereocenters. The van der Waals surface area contributed by atoms with E-state index in [0.717, 1.165) is 25.9 Å². The molecular formula is C24H24N4OS. The van der Waals surface area contributed by atoms with Gasteiger partial charge in [0, 0.05) is 66.0 Å². The summed E-state index contributed by atoms with van der Waals surface area (Å²) in [6.07, 6.45) is 5.98. The first-order valence-electron chi connectivity index (χ1n) is 10.5. The number of rotatable bonds is 4. The van der Waals surface area contributed by atoms with Crippen molar-refractivity contribution >= 4 is 22.2 Å². The maximum atomic E-state index is 6.52. The lowest BCUT2D eigenvalue weighted by Crippen LogP contribution is -2.53. The monoisotopic (exact) mass is 416 g/mol. The van der Waals surface area contributed by atoms with Gasteiger partial charge in [-0.2, -0.15) is 0 Å². The summed E-state index contributed by atoms with van der Waals surface area (Å²) in [4.78, 5) is 11.6. The fourth-order valence-electron chi connectivity index (χ4n) is 5.41. The smallest absolute Gasteiger partial charge is 0.213 e. The van der Waals surface area contributed by atoms with Crippen molar-refractivity contribution in [3.8, 4) is 5.88 Å². The van der Waals surface area contributed by atoms with Crippen LogP contribution in [0.2, 0.25) is 0 Å². The molecule has 0 saturated carbocycles. The number of thiazole rings is 1. The Labute approximate surface area is 180 Å². The number of hydrogen-bond donors (Lipinski definition) is 0. The quantitative estimate of drug-likeness (QED) is 0.495. The van der Waals surface area contributed by atoms with Crippen molar-refractivity contribution in [3.05, 3.63) is 76.5 Å². The highest BCUT2D eigenvalue weighted by molar-refractivity contribution is 7.09. The molecule has 0 radical (unpaired) electrons. The van der Waals surface area contributed by atoms with E-state index in [2.05, 4.69) is 56.1 Å². The Morgan fingerprint density at radius 2 is 2.00 bits per heavy atom. The number of benzene rings is 1. The minimum Gasteiger partial charge on any atom is -0.472 e. The molecule has 2 aliphatic rings. The summed E-state index contributed by atoms with van der Waals surface area (Å²) in [5.74, 6) is 1.08. The van der Waals surface area contributed by atoms with E-state index in [-0.39, 0.29) is 6.10 Å². The molecule has 30 heavy (non-hydrogen) atoms. The third-order valence-electron chi connectivity index (χ3n) is 6.69. The van der Waals surface area contributed by atoms with Crippen molar-refractivity contribution in [1.82, 2.24) is 19.4 Å². The molecule has 1 saturated heterocycles. The molecule has 3 aromatic heterocycles. The zero-order chi connectivity index (χ0) is 20.1. The van der Waals surface area contributed by atoms with Gasteiger partial charge in [-0.15, -0.1) is 11.3 Å². The van der Waals surface area contributed by atoms with Crippen molar-refractivity contribution in [2.45, 2.75) is 37.5 Å². The van der Waals surface area contributed by atoms with Crippen LogP contribution in [0, 0.1) is 0 Å². The van der Waals surface area contributed by atoms with Crippen molar-refractivity contribution < 1.29 is 4.74 Å². The molecule has 0 amide bonds. The van der Waals surface area contributed by atoms with E-state index in [4.69, 9.17) is 4.74 Å². The summed E-state index contributed by atoms with van der Waals surface area (Å²) < 4.78 is 8.91. The van der Waals surface area contributed by atoms with Crippen molar-refractivity contribution in [2.24, 2.45) is 7.05 Å². The van der Waals surface area contributed by atoms with Gasteiger partial charge in [0.05, 0.1) is 6.54 Å². The second-order valence-corrected chi connectivity index (χ2v) is 9.30. The van der Waals surface area contributed by atoms with E-state index < -0.39 is 0 Å². The molecule has 0 N–H and O–H groups in total. The van der Waals surface area contributed by atoms with Gasteiger partial charge in [0.1, 0.15) is 11.1 Å². The van der Waals surface area contributed by atoms with Gasteiger partial charge >= 0.3 is 0 Å². The van der Waals surface area contributed by atoms with Crippen molar-refractivity contribution in [3.63, 3.8) is 0 Å². The second kappa shape index (κ2) is 7.22. The molecule has 2 bridgehead atoms. The normalized spacial score (nSPS) is 23.4. The topological polar surface area (TPSA) is 43.2 Å². The fraction of sp³-hybridized carbons (Fsp3) is 0.333. The summed E-state index contributed by atoms with van der Waals surface area (Å²) in [6, 6.07) is 15.2. The number of fused-ring (bicyclic) bond motifs is 6. The molecular weight excluding hydrogens is 392 g/mol. The predicted octanol–water partition coefficient (Wildman–Crippen LogP) is 4.39. The third kappa shape index (κ3) is 2.94. The van der Waals surface area contributed by atoms with E-state index in [1.54, 1.807) is 17.5 Å². The van der Waals surface area contributed by atoms with Gasteiger partial charge in [-0.1, -0.05) is 24.3 Å². The van der Waals surface area contributed by atoms with Crippen LogP contribution in [0.25, 0.3) is 10.9 Å². The summed E-state index contributed by atoms with van der Waals surface area (Å²) in [5, 5.41) is 4.62. The van der Waals surface area contributed by atoms with Crippen LogP contribution in [0.5, 0.6) is 5.88 Å². The number of piperidine rings is 1. The van der Waals surface area contributed by atoms with Crippen LogP contribution in [-0.2, 0) is 20.0 Å². The van der Waals surface area contributed by atoms with Crippen LogP contribution in [0.15, 0.2) is 60.2 Å². The first-order chi connectivity index (χ1) is 14.8. The van der Waals surface area contributed by atoms with E-state index in [0.29, 0.717) is 17.8 Å². The Hall–Kier alpha value is -2.70. The van der Waals surface area contributed by atoms with Gasteiger partial charge in [-0.25, -0.2) is 9.97 Å². The number of aromatic nitrogens is 3. The largest absolute Gasteiger partial charge is 0.472 e. The number of pyridine rings is 1. The zero-order valence-electron chi connectivity index (χ0n) is 16.9. The molecule has 6 heteroatoms. The van der Waals surface area contributed by atoms with Crippen LogP contribution in [-0.4, -0.2) is 38.1 Å². The highest BCUT2D eigenvalue weighted by Crippen LogP contribution is 2.45. The summed E-state index contributed by atoms with van der Waals surface area (Å²) in [5.41, 5.74) is 4.26. The minimum absolute atomic E-state index is 0.0678. The molecule has 0 unspecified atom stereocenters. The first kappa shape index (κ1) is 18.1. The molecule has 152 valence electrons. The van der Waals surface area contributed by atoms with Crippen LogP contribution in [0.4, 0.5) is 0 Å². The fourth-order valence-corrected chi connectivity index (χ4v) is 6.05. The lowest BCUT2D eigenvalue weighted by Gasteiger charge is -2.47. The Balaban J connectivity index is 1.43. The summed E-state index contributed by atoms with van der Waals surface area (Å²) in [6.45, 7) is 1.78. The van der Waals surface area contributed by atoms with Crippen LogP contribution >= 0.6 is 11.3 Å². The number of ether oxygens (including phenoxy) is 1. The van der Waals surface area contributed by atoms with Crippen LogP contribution < -0.4 is 4.74 Å². The maximum absolute atomic E-state index is 6.52. The Kier molecular flexibility index (Phi) is 4.35. The number of hydrogen-bond acceptors (Lipinski definition) is 5. The van der Waals surface area contributed by atoms with Crippen LogP contribution in [0.1, 0.15) is 28.6 Å². The first-order valence-corrected chi connectivity index (χ1v) is 11.4. The molecule has 0 spiro atoms. The predicted molar refractivity (Wildman–Crippen MR) is 119 cm³/mol. The maximum Gasteiger partial charge on any atom is 0.213 e. The molecule has 1 fully saturated rings. The standard InChI is InChI=1S/C24H24N4OS/c1-27-20-7-3-2-6-17(20)18-12-16-13-19(24(18)27)21(29-22-8-4-5-9-25-22)14-28(16)15-23-26-10-11-30-23/h2-11,16,19,21H,12-15H2,1H3/t16-,19+,21-/m0/s1. The number of nitrogens with zero attached hydrogens (tertiary/aromatic N) is 4. The number of likely N-dealkylation sites (tertiary alicyclic amines) is 1. The average Bonchev–Trinajstić information content (AvgIpc) is 3.39. The highest BCUT2D eigenvalue weighted by Gasteiger charge is 2.44. The third-order valence-corrected chi connectivity index (χ3v) is 7.45.